The molecule has 4 aliphatic carbocycles. The van der Waals surface area contributed by atoms with Gasteiger partial charge in [-0.15, -0.1) is 0 Å². The Bertz CT molecular complexity index is 1150. The molecule has 1 aromatic rings. The van der Waals surface area contributed by atoms with Crippen LogP contribution >= 0.6 is 15.9 Å². The SMILES string of the molecule is CC(C)(C)OC(=O)N1[C@@H]2C[C@@H]2C[C@H]1C1NC(C23CCC(c4ccc(Br)cc4)(CC2)CC3)=CN1COCC[Si](C)(C)C. The summed E-state index contributed by atoms with van der Waals surface area (Å²) in [7, 11) is -1.17. The van der Waals surface area contributed by atoms with Gasteiger partial charge in [-0.3, -0.25) is 4.90 Å². The molecule has 2 heterocycles. The highest BCUT2D eigenvalue weighted by molar-refractivity contribution is 9.10. The number of allylic oxidation sites excluding steroid dienone is 1. The molecule has 6 aliphatic rings. The molecule has 4 atom stereocenters. The first-order chi connectivity index (χ1) is 19.3. The molecular formula is C33H50BrN3O3Si. The Hall–Kier alpha value is -1.51. The first-order valence-electron chi connectivity index (χ1n) is 15.9. The molecule has 1 unspecified atom stereocenters. The van der Waals surface area contributed by atoms with Gasteiger partial charge in [0.1, 0.15) is 18.5 Å². The van der Waals surface area contributed by atoms with Crippen molar-refractivity contribution >= 4 is 30.1 Å². The normalized spacial score (nSPS) is 34.4. The highest BCUT2D eigenvalue weighted by atomic mass is 79.9. The van der Waals surface area contributed by atoms with E-state index in [1.807, 2.05) is 20.8 Å². The maximum Gasteiger partial charge on any atom is 0.410 e. The van der Waals surface area contributed by atoms with E-state index in [9.17, 15) is 4.79 Å². The zero-order valence-corrected chi connectivity index (χ0v) is 28.6. The molecule has 2 aliphatic heterocycles. The van der Waals surface area contributed by atoms with Gasteiger partial charge in [-0.1, -0.05) is 47.7 Å². The number of hydrogen-bond donors (Lipinski definition) is 1. The monoisotopic (exact) mass is 643 g/mol. The summed E-state index contributed by atoms with van der Waals surface area (Å²) < 4.78 is 13.4. The molecular weight excluding hydrogens is 594 g/mol. The fraction of sp³-hybridized carbons (Fsp3) is 0.727. The van der Waals surface area contributed by atoms with Crippen LogP contribution in [0.4, 0.5) is 4.79 Å². The molecule has 1 amide bonds. The van der Waals surface area contributed by atoms with Crippen LogP contribution in [0.5, 0.6) is 0 Å². The summed E-state index contributed by atoms with van der Waals surface area (Å²) >= 11 is 3.62. The quantitative estimate of drug-likeness (QED) is 0.231. The van der Waals surface area contributed by atoms with Crippen LogP contribution in [-0.4, -0.2) is 61.2 Å². The molecule has 0 radical (unpaired) electrons. The standard InChI is InChI=1S/C33H50BrN3O3Si/c1-31(2,3)40-30(38)37-26-19-23(26)20-27(37)29-35-28(21-36(29)22-39-17-18-41(4,5)6)33-14-11-32(12-15-33,13-16-33)24-7-9-25(34)10-8-24/h7-10,21,23,26-27,29,35H,11-20,22H2,1-6H3/t23-,26-,27+,29?,32?,33?/m1/s1. The van der Waals surface area contributed by atoms with Crippen molar-refractivity contribution in [3.05, 3.63) is 46.2 Å². The van der Waals surface area contributed by atoms with Crippen molar-refractivity contribution in [2.45, 2.75) is 127 Å². The number of ether oxygens (including phenoxy) is 2. The third kappa shape index (κ3) is 5.99. The van der Waals surface area contributed by atoms with Gasteiger partial charge in [0.05, 0.1) is 6.04 Å². The van der Waals surface area contributed by atoms with Crippen LogP contribution in [0.3, 0.4) is 0 Å². The smallest absolute Gasteiger partial charge is 0.410 e. The minimum Gasteiger partial charge on any atom is -0.444 e. The lowest BCUT2D eigenvalue weighted by Gasteiger charge is -2.54. The highest BCUT2D eigenvalue weighted by Crippen LogP contribution is 2.61. The van der Waals surface area contributed by atoms with Gasteiger partial charge in [0.2, 0.25) is 0 Å². The first-order valence-corrected chi connectivity index (χ1v) is 20.4. The average Bonchev–Trinajstić information content (AvgIpc) is 3.35. The van der Waals surface area contributed by atoms with Crippen molar-refractivity contribution in [2.24, 2.45) is 11.3 Å². The Kier molecular flexibility index (Phi) is 7.63. The zero-order valence-electron chi connectivity index (χ0n) is 26.0. The maximum absolute atomic E-state index is 13.5. The molecule has 5 fully saturated rings. The summed E-state index contributed by atoms with van der Waals surface area (Å²) in [5.74, 6) is 0.599. The van der Waals surface area contributed by atoms with Gasteiger partial charge in [0.15, 0.2) is 0 Å². The van der Waals surface area contributed by atoms with Crippen molar-refractivity contribution in [1.29, 1.82) is 0 Å². The first kappa shape index (κ1) is 29.6. The van der Waals surface area contributed by atoms with Crippen molar-refractivity contribution in [1.82, 2.24) is 15.1 Å². The molecule has 4 saturated carbocycles. The lowest BCUT2D eigenvalue weighted by Crippen LogP contribution is -2.56. The van der Waals surface area contributed by atoms with E-state index < -0.39 is 13.7 Å². The molecule has 41 heavy (non-hydrogen) atoms. The Morgan fingerprint density at radius 2 is 1.61 bits per heavy atom. The molecule has 1 aromatic carbocycles. The number of fused-ring (bicyclic) bond motifs is 4. The second-order valence-electron chi connectivity index (χ2n) is 15.8. The van der Waals surface area contributed by atoms with Gasteiger partial charge >= 0.3 is 6.09 Å². The third-order valence-electron chi connectivity index (χ3n) is 10.6. The van der Waals surface area contributed by atoms with Gasteiger partial charge in [0.25, 0.3) is 0 Å². The van der Waals surface area contributed by atoms with Gasteiger partial charge < -0.3 is 19.7 Å². The second-order valence-corrected chi connectivity index (χ2v) is 22.4. The van der Waals surface area contributed by atoms with E-state index in [4.69, 9.17) is 9.47 Å². The van der Waals surface area contributed by atoms with Crippen LogP contribution < -0.4 is 5.32 Å². The van der Waals surface area contributed by atoms with Gasteiger partial charge in [0, 0.05) is 42.5 Å². The zero-order chi connectivity index (χ0) is 29.2. The predicted molar refractivity (Wildman–Crippen MR) is 170 cm³/mol. The van der Waals surface area contributed by atoms with Gasteiger partial charge in [-0.05, 0) is 107 Å². The number of piperidine rings is 1. The van der Waals surface area contributed by atoms with E-state index in [1.165, 1.54) is 49.8 Å². The van der Waals surface area contributed by atoms with Crippen LogP contribution in [0.1, 0.15) is 77.7 Å². The predicted octanol–water partition coefficient (Wildman–Crippen LogP) is 7.82. The largest absolute Gasteiger partial charge is 0.444 e. The number of carbonyl (C=O) groups excluding carboxylic acids is 1. The Morgan fingerprint density at radius 1 is 1.00 bits per heavy atom. The number of amides is 1. The van der Waals surface area contributed by atoms with E-state index >= 15 is 0 Å². The number of carbonyl (C=O) groups is 1. The molecule has 1 N–H and O–H groups in total. The van der Waals surface area contributed by atoms with E-state index in [0.717, 1.165) is 30.0 Å². The molecule has 0 spiro atoms. The van der Waals surface area contributed by atoms with Crippen LogP contribution in [0, 0.1) is 11.3 Å². The van der Waals surface area contributed by atoms with Crippen molar-refractivity contribution in [2.75, 3.05) is 13.3 Å². The summed E-state index contributed by atoms with van der Waals surface area (Å²) in [6, 6.07) is 10.7. The fourth-order valence-corrected chi connectivity index (χ4v) is 9.01. The molecule has 6 nitrogen and oxygen atoms in total. The second kappa shape index (κ2) is 10.6. The number of nitrogens with one attached hydrogen (secondary N) is 1. The molecule has 0 aromatic heterocycles. The lowest BCUT2D eigenvalue weighted by molar-refractivity contribution is -0.00807. The highest BCUT2D eigenvalue weighted by Gasteiger charge is 2.59. The summed E-state index contributed by atoms with van der Waals surface area (Å²) in [5, 5.41) is 4.03. The van der Waals surface area contributed by atoms with E-state index in [1.54, 1.807) is 0 Å². The average molecular weight is 645 g/mol. The van der Waals surface area contributed by atoms with Crippen molar-refractivity contribution in [3.8, 4) is 0 Å². The molecule has 8 heteroatoms. The van der Waals surface area contributed by atoms with Crippen LogP contribution in [-0.2, 0) is 14.9 Å². The van der Waals surface area contributed by atoms with Crippen LogP contribution in [0.15, 0.2) is 40.6 Å². The Labute approximate surface area is 256 Å². The molecule has 7 rings (SSSR count). The number of benzene rings is 1. The van der Waals surface area contributed by atoms with Gasteiger partial charge in [-0.2, -0.15) is 0 Å². The summed E-state index contributed by atoms with van der Waals surface area (Å²) in [5.41, 5.74) is 2.91. The summed E-state index contributed by atoms with van der Waals surface area (Å²) in [6.07, 6.45) is 11.8. The number of hydrogen-bond acceptors (Lipinski definition) is 5. The van der Waals surface area contributed by atoms with Crippen molar-refractivity contribution in [3.63, 3.8) is 0 Å². The maximum atomic E-state index is 13.5. The molecule has 1 saturated heterocycles. The number of halogens is 1. The lowest BCUT2D eigenvalue weighted by atomic mass is 9.51. The van der Waals surface area contributed by atoms with E-state index in [-0.39, 0.29) is 23.7 Å². The van der Waals surface area contributed by atoms with Crippen molar-refractivity contribution < 1.29 is 14.3 Å². The summed E-state index contributed by atoms with van der Waals surface area (Å²) in [6.45, 7) is 14.5. The third-order valence-corrected chi connectivity index (χ3v) is 12.8. The molecule has 2 bridgehead atoms. The van der Waals surface area contributed by atoms with Crippen LogP contribution in [0.25, 0.3) is 0 Å². The minimum atomic E-state index is -1.17. The topological polar surface area (TPSA) is 54.0 Å². The van der Waals surface area contributed by atoms with E-state index in [0.29, 0.717) is 24.1 Å². The van der Waals surface area contributed by atoms with Gasteiger partial charge in [-0.25, -0.2) is 4.79 Å². The Balaban J connectivity index is 1.20. The Morgan fingerprint density at radius 3 is 2.22 bits per heavy atom. The van der Waals surface area contributed by atoms with E-state index in [2.05, 4.69) is 81.2 Å². The number of likely N-dealkylation sites (tertiary alicyclic amines) is 1. The fourth-order valence-electron chi connectivity index (χ4n) is 7.99. The minimum absolute atomic E-state index is 0.0339. The van der Waals surface area contributed by atoms with Crippen LogP contribution in [0.2, 0.25) is 25.7 Å². The summed E-state index contributed by atoms with van der Waals surface area (Å²) in [4.78, 5) is 17.9. The number of rotatable bonds is 8. The number of nitrogens with zero attached hydrogens (tertiary/aromatic N) is 2. The molecule has 226 valence electrons.